The van der Waals surface area contributed by atoms with E-state index in [-0.39, 0.29) is 5.57 Å². The second-order valence-corrected chi connectivity index (χ2v) is 9.85. The molecule has 1 N–H and O–H groups in total. The number of thiazole rings is 1. The molecule has 0 bridgehead atoms. The Kier molecular flexibility index (Phi) is 7.32. The SMILES string of the molecule is COc1cc(C2C(C(=O)c3sc(C)nc3C)=C(O)C(=O)N2CCN2CCCC2)cc(OC)c1OC. The van der Waals surface area contributed by atoms with Gasteiger partial charge < -0.3 is 29.1 Å². The number of hydrogen-bond acceptors (Lipinski definition) is 9. The minimum atomic E-state index is -0.812. The molecule has 0 aliphatic carbocycles. The van der Waals surface area contributed by atoms with E-state index in [1.54, 1.807) is 24.0 Å². The Morgan fingerprint density at radius 2 is 1.71 bits per heavy atom. The third-order valence-corrected chi connectivity index (χ3v) is 7.59. The van der Waals surface area contributed by atoms with Gasteiger partial charge in [-0.15, -0.1) is 11.3 Å². The van der Waals surface area contributed by atoms with Gasteiger partial charge >= 0.3 is 0 Å². The maximum atomic E-state index is 13.7. The fraction of sp³-hybridized carbons (Fsp3) is 0.480. The van der Waals surface area contributed by atoms with Crippen molar-refractivity contribution in [2.75, 3.05) is 47.5 Å². The number of likely N-dealkylation sites (tertiary alicyclic amines) is 1. The zero-order valence-electron chi connectivity index (χ0n) is 20.7. The van der Waals surface area contributed by atoms with Crippen LogP contribution in [0.3, 0.4) is 0 Å². The highest BCUT2D eigenvalue weighted by atomic mass is 32.1. The number of Topliss-reactive ketones (excluding diaryl/α,β-unsaturated/α-hetero) is 1. The van der Waals surface area contributed by atoms with Gasteiger partial charge in [0.05, 0.1) is 48.5 Å². The molecule has 2 aliphatic heterocycles. The van der Waals surface area contributed by atoms with Gasteiger partial charge in [-0.05, 0) is 57.5 Å². The summed E-state index contributed by atoms with van der Waals surface area (Å²) in [4.78, 5) is 35.7. The lowest BCUT2D eigenvalue weighted by molar-refractivity contribution is -0.129. The Hall–Kier alpha value is -3.11. The van der Waals surface area contributed by atoms with Crippen molar-refractivity contribution in [3.63, 3.8) is 0 Å². The fourth-order valence-electron chi connectivity index (χ4n) is 4.84. The molecule has 1 fully saturated rings. The van der Waals surface area contributed by atoms with Crippen LogP contribution in [0.1, 0.15) is 44.8 Å². The molecule has 3 heterocycles. The molecule has 0 spiro atoms. The number of carbonyl (C=O) groups excluding carboxylic acids is 2. The predicted octanol–water partition coefficient (Wildman–Crippen LogP) is 3.46. The third-order valence-electron chi connectivity index (χ3n) is 6.52. The van der Waals surface area contributed by atoms with E-state index < -0.39 is 23.5 Å². The number of methoxy groups -OCH3 is 3. The number of hydrogen-bond donors (Lipinski definition) is 1. The van der Waals surface area contributed by atoms with Gasteiger partial charge in [-0.2, -0.15) is 0 Å². The van der Waals surface area contributed by atoms with Crippen molar-refractivity contribution < 1.29 is 28.9 Å². The zero-order valence-corrected chi connectivity index (χ0v) is 21.5. The van der Waals surface area contributed by atoms with Crippen molar-refractivity contribution in [2.24, 2.45) is 0 Å². The smallest absolute Gasteiger partial charge is 0.290 e. The molecule has 1 aromatic carbocycles. The van der Waals surface area contributed by atoms with E-state index in [0.29, 0.717) is 46.5 Å². The number of carbonyl (C=O) groups is 2. The molecule has 1 aromatic heterocycles. The molecule has 1 unspecified atom stereocenters. The topological polar surface area (TPSA) is 101 Å². The van der Waals surface area contributed by atoms with Crippen molar-refractivity contribution in [3.8, 4) is 17.2 Å². The molecule has 2 aliphatic rings. The van der Waals surface area contributed by atoms with Crippen molar-refractivity contribution in [1.82, 2.24) is 14.8 Å². The van der Waals surface area contributed by atoms with E-state index >= 15 is 0 Å². The second-order valence-electron chi connectivity index (χ2n) is 8.65. The van der Waals surface area contributed by atoms with Crippen LogP contribution in [0, 0.1) is 13.8 Å². The fourth-order valence-corrected chi connectivity index (χ4v) is 5.72. The quantitative estimate of drug-likeness (QED) is 0.522. The van der Waals surface area contributed by atoms with Gasteiger partial charge in [0.25, 0.3) is 5.91 Å². The van der Waals surface area contributed by atoms with Gasteiger partial charge in [0.1, 0.15) is 0 Å². The molecule has 4 rings (SSSR count). The minimum absolute atomic E-state index is 0.0393. The molecule has 35 heavy (non-hydrogen) atoms. The number of aryl methyl sites for hydroxylation is 2. The summed E-state index contributed by atoms with van der Waals surface area (Å²) < 4.78 is 16.5. The Labute approximate surface area is 208 Å². The lowest BCUT2D eigenvalue weighted by Gasteiger charge is -2.29. The van der Waals surface area contributed by atoms with Crippen LogP contribution in [0.15, 0.2) is 23.5 Å². The number of rotatable bonds is 9. The molecule has 10 heteroatoms. The summed E-state index contributed by atoms with van der Waals surface area (Å²) in [5.41, 5.74) is 1.20. The van der Waals surface area contributed by atoms with Crippen molar-refractivity contribution in [2.45, 2.75) is 32.7 Å². The lowest BCUT2D eigenvalue weighted by Crippen LogP contribution is -2.38. The van der Waals surface area contributed by atoms with Crippen LogP contribution in [0.2, 0.25) is 0 Å². The number of ether oxygens (including phenoxy) is 3. The van der Waals surface area contributed by atoms with Gasteiger partial charge in [-0.25, -0.2) is 4.98 Å². The normalized spacial score (nSPS) is 18.5. The third kappa shape index (κ3) is 4.60. The highest BCUT2D eigenvalue weighted by molar-refractivity contribution is 7.14. The maximum Gasteiger partial charge on any atom is 0.290 e. The van der Waals surface area contributed by atoms with Gasteiger partial charge in [0.15, 0.2) is 17.3 Å². The largest absolute Gasteiger partial charge is 0.503 e. The first-order chi connectivity index (χ1) is 16.8. The van der Waals surface area contributed by atoms with Crippen LogP contribution in [-0.2, 0) is 4.79 Å². The van der Waals surface area contributed by atoms with E-state index in [1.165, 1.54) is 32.7 Å². The molecule has 1 saturated heterocycles. The van der Waals surface area contributed by atoms with E-state index in [1.807, 2.05) is 6.92 Å². The number of ketones is 1. The van der Waals surface area contributed by atoms with Crippen molar-refractivity contribution in [3.05, 3.63) is 44.6 Å². The molecule has 1 amide bonds. The summed E-state index contributed by atoms with van der Waals surface area (Å²) in [7, 11) is 4.53. The number of aliphatic hydroxyl groups excluding tert-OH is 1. The van der Waals surface area contributed by atoms with Crippen LogP contribution in [-0.4, -0.2) is 79.1 Å². The van der Waals surface area contributed by atoms with Crippen molar-refractivity contribution >= 4 is 23.0 Å². The molecule has 1 atom stereocenters. The number of nitrogens with zero attached hydrogens (tertiary/aromatic N) is 3. The molecule has 0 saturated carbocycles. The lowest BCUT2D eigenvalue weighted by atomic mass is 9.94. The number of benzene rings is 1. The maximum absolute atomic E-state index is 13.7. The first-order valence-corrected chi connectivity index (χ1v) is 12.4. The zero-order chi connectivity index (χ0) is 25.3. The van der Waals surface area contributed by atoms with Crippen LogP contribution in [0.25, 0.3) is 0 Å². The Morgan fingerprint density at radius 3 is 2.23 bits per heavy atom. The highest BCUT2D eigenvalue weighted by Crippen LogP contribution is 2.46. The average Bonchev–Trinajstić information content (AvgIpc) is 3.55. The van der Waals surface area contributed by atoms with Crippen LogP contribution >= 0.6 is 11.3 Å². The summed E-state index contributed by atoms with van der Waals surface area (Å²) in [5.74, 6) is -0.289. The first-order valence-electron chi connectivity index (χ1n) is 11.6. The number of amides is 1. The minimum Gasteiger partial charge on any atom is -0.503 e. The van der Waals surface area contributed by atoms with Crippen LogP contribution in [0.5, 0.6) is 17.2 Å². The summed E-state index contributed by atoms with van der Waals surface area (Å²) in [6, 6.07) is 2.63. The molecule has 188 valence electrons. The summed E-state index contributed by atoms with van der Waals surface area (Å²) in [5, 5.41) is 11.7. The molecular formula is C25H31N3O6S. The number of aromatic nitrogens is 1. The van der Waals surface area contributed by atoms with E-state index in [0.717, 1.165) is 30.9 Å². The monoisotopic (exact) mass is 501 g/mol. The summed E-state index contributed by atoms with van der Waals surface area (Å²) in [6.07, 6.45) is 2.25. The summed E-state index contributed by atoms with van der Waals surface area (Å²) in [6.45, 7) is 6.54. The van der Waals surface area contributed by atoms with Gasteiger partial charge in [0, 0.05) is 13.1 Å². The van der Waals surface area contributed by atoms with Gasteiger partial charge in [-0.3, -0.25) is 9.59 Å². The van der Waals surface area contributed by atoms with Crippen LogP contribution in [0.4, 0.5) is 0 Å². The molecule has 9 nitrogen and oxygen atoms in total. The van der Waals surface area contributed by atoms with E-state index in [2.05, 4.69) is 9.88 Å². The molecule has 0 radical (unpaired) electrons. The molecule has 2 aromatic rings. The second kappa shape index (κ2) is 10.2. The highest BCUT2D eigenvalue weighted by Gasteiger charge is 2.45. The first kappa shape index (κ1) is 25.0. The molecular weight excluding hydrogens is 470 g/mol. The summed E-state index contributed by atoms with van der Waals surface area (Å²) >= 11 is 1.25. The number of aliphatic hydroxyl groups is 1. The van der Waals surface area contributed by atoms with Gasteiger partial charge in [-0.1, -0.05) is 0 Å². The van der Waals surface area contributed by atoms with Crippen LogP contribution < -0.4 is 14.2 Å². The van der Waals surface area contributed by atoms with Gasteiger partial charge in [0.2, 0.25) is 11.5 Å². The van der Waals surface area contributed by atoms with E-state index in [9.17, 15) is 14.7 Å². The Balaban J connectivity index is 1.82. The predicted molar refractivity (Wildman–Crippen MR) is 132 cm³/mol. The average molecular weight is 502 g/mol. The standard InChI is InChI=1S/C25H31N3O6S/c1-14-24(35-15(2)26-14)21(29)19-20(16-12-17(32-3)23(34-5)18(13-16)33-4)28(25(31)22(19)30)11-10-27-8-6-7-9-27/h12-13,20,30H,6-11H2,1-5H3. The van der Waals surface area contributed by atoms with E-state index in [4.69, 9.17) is 14.2 Å². The Bertz CT molecular complexity index is 1140. The van der Waals surface area contributed by atoms with Crippen molar-refractivity contribution in [1.29, 1.82) is 0 Å². The Morgan fingerprint density at radius 1 is 1.09 bits per heavy atom.